The van der Waals surface area contributed by atoms with Crippen LogP contribution in [0.25, 0.3) is 0 Å². The van der Waals surface area contributed by atoms with Crippen LogP contribution in [-0.4, -0.2) is 41.9 Å². The van der Waals surface area contributed by atoms with Gasteiger partial charge >= 0.3 is 0 Å². The molecule has 1 atom stereocenters. The smallest absolute Gasteiger partial charge is 0.223 e. The molecule has 3 nitrogen and oxygen atoms in total. The summed E-state index contributed by atoms with van der Waals surface area (Å²) in [7, 11) is 0. The Morgan fingerprint density at radius 3 is 2.90 bits per heavy atom. The van der Waals surface area contributed by atoms with Crippen molar-refractivity contribution in [3.63, 3.8) is 0 Å². The van der Waals surface area contributed by atoms with Crippen LogP contribution in [0.4, 0.5) is 10.1 Å². The average molecular weight is 296 g/mol. The second kappa shape index (κ2) is 7.53. The lowest BCUT2D eigenvalue weighted by atomic mass is 10.0. The molecule has 1 aliphatic heterocycles. The van der Waals surface area contributed by atoms with Gasteiger partial charge in [0.25, 0.3) is 0 Å². The van der Waals surface area contributed by atoms with E-state index in [1.54, 1.807) is 23.9 Å². The number of nitrogens with one attached hydrogen (secondary N) is 1. The van der Waals surface area contributed by atoms with Crippen molar-refractivity contribution in [2.24, 2.45) is 0 Å². The number of rotatable bonds is 5. The van der Waals surface area contributed by atoms with E-state index in [0.717, 1.165) is 37.4 Å². The Morgan fingerprint density at radius 2 is 2.20 bits per heavy atom. The zero-order valence-electron chi connectivity index (χ0n) is 11.8. The van der Waals surface area contributed by atoms with Crippen LogP contribution in [0.2, 0.25) is 0 Å². The Morgan fingerprint density at radius 1 is 1.45 bits per heavy atom. The summed E-state index contributed by atoms with van der Waals surface area (Å²) in [5.74, 6) is 0.892. The number of likely N-dealkylation sites (tertiary alicyclic amines) is 1. The van der Waals surface area contributed by atoms with Crippen LogP contribution in [0, 0.1) is 5.82 Å². The molecule has 2 rings (SSSR count). The van der Waals surface area contributed by atoms with Gasteiger partial charge in [0, 0.05) is 37.0 Å². The number of amides is 1. The van der Waals surface area contributed by atoms with Gasteiger partial charge in [-0.1, -0.05) is 0 Å². The maximum Gasteiger partial charge on any atom is 0.223 e. The fraction of sp³-hybridized carbons (Fsp3) is 0.533. The highest BCUT2D eigenvalue weighted by Gasteiger charge is 2.23. The van der Waals surface area contributed by atoms with Gasteiger partial charge in [0.1, 0.15) is 5.82 Å². The van der Waals surface area contributed by atoms with Crippen LogP contribution < -0.4 is 5.32 Å². The Balaban J connectivity index is 1.86. The summed E-state index contributed by atoms with van der Waals surface area (Å²) in [6.45, 7) is 1.60. The quantitative estimate of drug-likeness (QED) is 0.906. The molecule has 1 saturated heterocycles. The molecular weight excluding hydrogens is 275 g/mol. The lowest BCUT2D eigenvalue weighted by molar-refractivity contribution is -0.131. The van der Waals surface area contributed by atoms with E-state index < -0.39 is 0 Å². The van der Waals surface area contributed by atoms with E-state index >= 15 is 0 Å². The number of benzene rings is 1. The molecule has 1 heterocycles. The van der Waals surface area contributed by atoms with Crippen molar-refractivity contribution in [3.8, 4) is 0 Å². The van der Waals surface area contributed by atoms with Crippen molar-refractivity contribution >= 4 is 23.4 Å². The lowest BCUT2D eigenvalue weighted by Crippen LogP contribution is -2.45. The van der Waals surface area contributed by atoms with Gasteiger partial charge in [0.2, 0.25) is 5.91 Å². The fourth-order valence-electron chi connectivity index (χ4n) is 2.45. The Hall–Kier alpha value is -1.23. The predicted octanol–water partition coefficient (Wildman–Crippen LogP) is 2.98. The monoisotopic (exact) mass is 296 g/mol. The minimum absolute atomic E-state index is 0.229. The molecule has 0 radical (unpaired) electrons. The van der Waals surface area contributed by atoms with Gasteiger partial charge < -0.3 is 10.2 Å². The van der Waals surface area contributed by atoms with Crippen LogP contribution in [0.15, 0.2) is 24.3 Å². The molecule has 0 unspecified atom stereocenters. The third kappa shape index (κ3) is 4.40. The van der Waals surface area contributed by atoms with Crippen LogP contribution in [-0.2, 0) is 4.79 Å². The summed E-state index contributed by atoms with van der Waals surface area (Å²) in [5.41, 5.74) is 0.912. The minimum Gasteiger partial charge on any atom is -0.381 e. The highest BCUT2D eigenvalue weighted by atomic mass is 32.2. The lowest BCUT2D eigenvalue weighted by Gasteiger charge is -2.33. The zero-order chi connectivity index (χ0) is 14.4. The predicted molar refractivity (Wildman–Crippen MR) is 82.6 cm³/mol. The highest BCUT2D eigenvalue weighted by molar-refractivity contribution is 7.98. The van der Waals surface area contributed by atoms with Crippen molar-refractivity contribution in [2.75, 3.05) is 30.4 Å². The third-order valence-corrected chi connectivity index (χ3v) is 4.12. The molecule has 1 N–H and O–H groups in total. The first kappa shape index (κ1) is 15.2. The normalized spacial score (nSPS) is 18.9. The molecule has 0 spiro atoms. The van der Waals surface area contributed by atoms with E-state index in [9.17, 15) is 9.18 Å². The Labute approximate surface area is 123 Å². The summed E-state index contributed by atoms with van der Waals surface area (Å²) in [6, 6.07) is 6.64. The van der Waals surface area contributed by atoms with Gasteiger partial charge in [-0.25, -0.2) is 4.39 Å². The van der Waals surface area contributed by atoms with E-state index in [1.807, 2.05) is 11.2 Å². The van der Waals surface area contributed by atoms with Gasteiger partial charge in [0.15, 0.2) is 0 Å². The second-order valence-electron chi connectivity index (χ2n) is 5.07. The molecule has 5 heteroatoms. The number of anilines is 1. The molecule has 0 bridgehead atoms. The average Bonchev–Trinajstić information content (AvgIpc) is 2.47. The summed E-state index contributed by atoms with van der Waals surface area (Å²) in [6.07, 6.45) is 4.69. The van der Waals surface area contributed by atoms with Crippen LogP contribution in [0.5, 0.6) is 0 Å². The van der Waals surface area contributed by atoms with Crippen molar-refractivity contribution in [1.29, 1.82) is 0 Å². The summed E-state index contributed by atoms with van der Waals surface area (Å²) < 4.78 is 12.9. The number of carbonyl (C=O) groups excluding carboxylic acids is 1. The van der Waals surface area contributed by atoms with E-state index in [1.165, 1.54) is 12.1 Å². The first-order valence-corrected chi connectivity index (χ1v) is 8.37. The largest absolute Gasteiger partial charge is 0.381 e. The Bertz CT molecular complexity index is 438. The van der Waals surface area contributed by atoms with Gasteiger partial charge in [-0.15, -0.1) is 0 Å². The molecule has 1 fully saturated rings. The third-order valence-electron chi connectivity index (χ3n) is 3.51. The molecule has 20 heavy (non-hydrogen) atoms. The summed E-state index contributed by atoms with van der Waals surface area (Å²) in [4.78, 5) is 14.0. The van der Waals surface area contributed by atoms with Gasteiger partial charge in [0.05, 0.1) is 0 Å². The molecule has 1 aromatic rings. The summed E-state index contributed by atoms with van der Waals surface area (Å²) >= 11 is 1.70. The molecule has 0 saturated carbocycles. The van der Waals surface area contributed by atoms with Crippen molar-refractivity contribution in [1.82, 2.24) is 4.90 Å². The molecule has 1 aliphatic rings. The van der Waals surface area contributed by atoms with Crippen LogP contribution in [0.1, 0.15) is 19.3 Å². The van der Waals surface area contributed by atoms with Crippen molar-refractivity contribution < 1.29 is 9.18 Å². The van der Waals surface area contributed by atoms with E-state index in [0.29, 0.717) is 6.42 Å². The van der Waals surface area contributed by atoms with E-state index in [4.69, 9.17) is 0 Å². The molecule has 1 aromatic carbocycles. The first-order valence-electron chi connectivity index (χ1n) is 6.98. The minimum atomic E-state index is -0.229. The Kier molecular flexibility index (Phi) is 5.71. The van der Waals surface area contributed by atoms with Crippen molar-refractivity contribution in [3.05, 3.63) is 30.1 Å². The zero-order valence-corrected chi connectivity index (χ0v) is 12.6. The van der Waals surface area contributed by atoms with E-state index in [2.05, 4.69) is 5.32 Å². The standard InChI is InChI=1S/C15H21FN2OS/c1-20-10-8-15(19)18-9-2-3-14(11-18)17-13-6-4-12(16)5-7-13/h4-7,14,17H,2-3,8-11H2,1H3/t14-/m0/s1. The maximum absolute atomic E-state index is 12.9. The molecule has 0 aromatic heterocycles. The topological polar surface area (TPSA) is 32.3 Å². The maximum atomic E-state index is 12.9. The fourth-order valence-corrected chi connectivity index (χ4v) is 2.83. The van der Waals surface area contributed by atoms with Gasteiger partial charge in [-0.2, -0.15) is 11.8 Å². The van der Waals surface area contributed by atoms with Gasteiger partial charge in [-0.05, 0) is 43.4 Å². The number of piperidine rings is 1. The van der Waals surface area contributed by atoms with Gasteiger partial charge in [-0.3, -0.25) is 4.79 Å². The number of nitrogens with zero attached hydrogens (tertiary/aromatic N) is 1. The molecule has 110 valence electrons. The van der Waals surface area contributed by atoms with Crippen molar-refractivity contribution in [2.45, 2.75) is 25.3 Å². The molecule has 1 amide bonds. The highest BCUT2D eigenvalue weighted by Crippen LogP contribution is 2.17. The molecular formula is C15H21FN2OS. The SMILES string of the molecule is CSCCC(=O)N1CCC[C@H](Nc2ccc(F)cc2)C1. The second-order valence-corrected chi connectivity index (χ2v) is 6.06. The number of halogens is 1. The first-order chi connectivity index (χ1) is 9.69. The number of hydrogen-bond acceptors (Lipinski definition) is 3. The number of hydrogen-bond donors (Lipinski definition) is 1. The van der Waals surface area contributed by atoms with Crippen LogP contribution >= 0.6 is 11.8 Å². The number of carbonyl (C=O) groups is 1. The summed E-state index contributed by atoms with van der Waals surface area (Å²) in [5, 5.41) is 3.38. The molecule has 0 aliphatic carbocycles. The van der Waals surface area contributed by atoms with Crippen LogP contribution in [0.3, 0.4) is 0 Å². The van der Waals surface area contributed by atoms with E-state index in [-0.39, 0.29) is 17.8 Å². The number of thioether (sulfide) groups is 1.